The molecule has 0 saturated carbocycles. The van der Waals surface area contributed by atoms with Crippen molar-refractivity contribution in [1.29, 1.82) is 0 Å². The van der Waals surface area contributed by atoms with E-state index in [1.54, 1.807) is 11.3 Å². The molecule has 0 unspecified atom stereocenters. The van der Waals surface area contributed by atoms with Gasteiger partial charge < -0.3 is 0 Å². The molecule has 0 atom stereocenters. The van der Waals surface area contributed by atoms with E-state index in [0.717, 1.165) is 6.54 Å². The van der Waals surface area contributed by atoms with Gasteiger partial charge in [0.1, 0.15) is 0 Å². The Morgan fingerprint density at radius 2 is 2.06 bits per heavy atom. The fraction of sp³-hybridized carbons (Fsp3) is 0.385. The highest BCUT2D eigenvalue weighted by molar-refractivity contribution is 7.91. The van der Waals surface area contributed by atoms with Crippen LogP contribution >= 0.6 is 11.3 Å². The lowest BCUT2D eigenvalue weighted by Crippen LogP contribution is -2.53. The molecule has 0 spiro atoms. The molecule has 3 rings (SSSR count). The predicted octanol–water partition coefficient (Wildman–Crippen LogP) is 2.13. The van der Waals surface area contributed by atoms with Crippen LogP contribution in [0.1, 0.15) is 5.56 Å². The Morgan fingerprint density at radius 3 is 2.78 bits per heavy atom. The fourth-order valence-electron chi connectivity index (χ4n) is 2.32. The molecule has 1 saturated heterocycles. The average molecular weight is 281 g/mol. The van der Waals surface area contributed by atoms with E-state index >= 15 is 0 Å². The average Bonchev–Trinajstić information content (AvgIpc) is 2.64. The van der Waals surface area contributed by atoms with Crippen molar-refractivity contribution in [2.75, 3.05) is 19.3 Å². The Bertz CT molecular complexity index is 669. The molecular weight excluding hydrogens is 266 g/mol. The van der Waals surface area contributed by atoms with Gasteiger partial charge in [-0.1, -0.05) is 18.2 Å². The second kappa shape index (κ2) is 4.33. The van der Waals surface area contributed by atoms with E-state index < -0.39 is 9.84 Å². The maximum Gasteiger partial charge on any atom is 0.152 e. The number of benzene rings is 1. The lowest BCUT2D eigenvalue weighted by molar-refractivity contribution is 0.177. The molecule has 0 N–H and O–H groups in total. The third kappa shape index (κ3) is 2.18. The van der Waals surface area contributed by atoms with Gasteiger partial charge in [0.25, 0.3) is 0 Å². The molecule has 2 aromatic rings. The predicted molar refractivity (Wildman–Crippen MR) is 75.7 cm³/mol. The van der Waals surface area contributed by atoms with Crippen molar-refractivity contribution >= 4 is 31.3 Å². The molecular formula is C13H15NO2S2. The summed E-state index contributed by atoms with van der Waals surface area (Å²) in [6.45, 7) is 2.20. The number of rotatable bonds is 3. The minimum Gasteiger partial charge on any atom is -0.296 e. The lowest BCUT2D eigenvalue weighted by Gasteiger charge is -2.37. The molecule has 3 nitrogen and oxygen atoms in total. The van der Waals surface area contributed by atoms with Crippen molar-refractivity contribution in [3.05, 3.63) is 35.2 Å². The molecule has 1 aliphatic rings. The second-order valence-corrected chi connectivity index (χ2v) is 8.14. The highest BCUT2D eigenvalue weighted by atomic mass is 32.2. The fourth-order valence-corrected chi connectivity index (χ4v) is 4.24. The third-order valence-electron chi connectivity index (χ3n) is 3.48. The van der Waals surface area contributed by atoms with Crippen molar-refractivity contribution in [1.82, 2.24) is 4.90 Å². The standard InChI is InChI=1S/C13H15NO2S2/c1-18(15,16)11-7-14(8-11)6-10-9-17-13-5-3-2-4-12(10)13/h2-5,9,11H,6-8H2,1H3. The van der Waals surface area contributed by atoms with Crippen molar-refractivity contribution in [3.63, 3.8) is 0 Å². The first-order valence-electron chi connectivity index (χ1n) is 5.90. The van der Waals surface area contributed by atoms with E-state index in [1.807, 2.05) is 12.1 Å². The molecule has 0 bridgehead atoms. The topological polar surface area (TPSA) is 37.4 Å². The second-order valence-electron chi connectivity index (χ2n) is 4.90. The Labute approximate surface area is 111 Å². The zero-order valence-corrected chi connectivity index (χ0v) is 11.8. The quantitative estimate of drug-likeness (QED) is 0.865. The number of nitrogens with zero attached hydrogens (tertiary/aromatic N) is 1. The van der Waals surface area contributed by atoms with Crippen LogP contribution in [0.2, 0.25) is 0 Å². The van der Waals surface area contributed by atoms with Gasteiger partial charge in [0.2, 0.25) is 0 Å². The number of fused-ring (bicyclic) bond motifs is 1. The van der Waals surface area contributed by atoms with Crippen LogP contribution < -0.4 is 0 Å². The number of hydrogen-bond acceptors (Lipinski definition) is 4. The van der Waals surface area contributed by atoms with Gasteiger partial charge in [-0.15, -0.1) is 11.3 Å². The molecule has 1 aromatic carbocycles. The molecule has 96 valence electrons. The summed E-state index contributed by atoms with van der Waals surface area (Å²) in [4.78, 5) is 2.19. The summed E-state index contributed by atoms with van der Waals surface area (Å²) in [7, 11) is -2.86. The molecule has 18 heavy (non-hydrogen) atoms. The molecule has 0 aliphatic carbocycles. The van der Waals surface area contributed by atoms with E-state index in [2.05, 4.69) is 22.4 Å². The minimum atomic E-state index is -2.86. The van der Waals surface area contributed by atoms with E-state index in [9.17, 15) is 8.42 Å². The van der Waals surface area contributed by atoms with Crippen molar-refractivity contribution < 1.29 is 8.42 Å². The monoisotopic (exact) mass is 281 g/mol. The Morgan fingerprint density at radius 1 is 1.33 bits per heavy atom. The van der Waals surface area contributed by atoms with Crippen LogP contribution in [0, 0.1) is 0 Å². The van der Waals surface area contributed by atoms with Crippen LogP contribution in [-0.4, -0.2) is 37.9 Å². The van der Waals surface area contributed by atoms with Gasteiger partial charge >= 0.3 is 0 Å². The summed E-state index contributed by atoms with van der Waals surface area (Å²) in [5, 5.41) is 3.31. The SMILES string of the molecule is CS(=O)(=O)C1CN(Cc2csc3ccccc23)C1. The highest BCUT2D eigenvalue weighted by Crippen LogP contribution is 2.28. The molecule has 1 aromatic heterocycles. The van der Waals surface area contributed by atoms with Gasteiger partial charge in [-0.25, -0.2) is 8.42 Å². The van der Waals surface area contributed by atoms with Crippen molar-refractivity contribution in [2.24, 2.45) is 0 Å². The number of likely N-dealkylation sites (tertiary alicyclic amines) is 1. The van der Waals surface area contributed by atoms with Crippen LogP contribution in [-0.2, 0) is 16.4 Å². The van der Waals surface area contributed by atoms with Gasteiger partial charge in [0.15, 0.2) is 9.84 Å². The Hall–Kier alpha value is -0.910. The zero-order valence-electron chi connectivity index (χ0n) is 10.2. The summed E-state index contributed by atoms with van der Waals surface area (Å²) in [5.41, 5.74) is 1.31. The zero-order chi connectivity index (χ0) is 12.8. The van der Waals surface area contributed by atoms with E-state index in [0.29, 0.717) is 13.1 Å². The van der Waals surface area contributed by atoms with Crippen LogP contribution in [0.25, 0.3) is 10.1 Å². The Kier molecular flexibility index (Phi) is 2.92. The van der Waals surface area contributed by atoms with Crippen LogP contribution in [0.5, 0.6) is 0 Å². The highest BCUT2D eigenvalue weighted by Gasteiger charge is 2.34. The minimum absolute atomic E-state index is 0.164. The van der Waals surface area contributed by atoms with Crippen LogP contribution in [0.4, 0.5) is 0 Å². The normalized spacial score (nSPS) is 18.1. The molecule has 1 aliphatic heterocycles. The lowest BCUT2D eigenvalue weighted by atomic mass is 10.1. The summed E-state index contributed by atoms with van der Waals surface area (Å²) in [6, 6.07) is 8.35. The maximum atomic E-state index is 11.3. The van der Waals surface area contributed by atoms with E-state index in [4.69, 9.17) is 0 Å². The number of sulfone groups is 1. The molecule has 2 heterocycles. The van der Waals surface area contributed by atoms with Gasteiger partial charge in [0.05, 0.1) is 5.25 Å². The summed E-state index contributed by atoms with van der Waals surface area (Å²) < 4.78 is 24.0. The largest absolute Gasteiger partial charge is 0.296 e. The summed E-state index contributed by atoms with van der Waals surface area (Å²) in [6.07, 6.45) is 1.33. The van der Waals surface area contributed by atoms with Crippen molar-refractivity contribution in [3.8, 4) is 0 Å². The van der Waals surface area contributed by atoms with Gasteiger partial charge in [0, 0.05) is 30.6 Å². The van der Waals surface area contributed by atoms with Gasteiger partial charge in [-0.3, -0.25) is 4.90 Å². The Balaban J connectivity index is 1.72. The first-order valence-corrected chi connectivity index (χ1v) is 8.74. The van der Waals surface area contributed by atoms with Crippen LogP contribution in [0.3, 0.4) is 0 Å². The first kappa shape index (κ1) is 12.1. The van der Waals surface area contributed by atoms with Gasteiger partial charge in [-0.2, -0.15) is 0 Å². The van der Waals surface area contributed by atoms with Crippen molar-refractivity contribution in [2.45, 2.75) is 11.8 Å². The summed E-state index contributed by atoms with van der Waals surface area (Å²) >= 11 is 1.75. The smallest absolute Gasteiger partial charge is 0.152 e. The van der Waals surface area contributed by atoms with E-state index in [-0.39, 0.29) is 5.25 Å². The maximum absolute atomic E-state index is 11.3. The van der Waals surface area contributed by atoms with Gasteiger partial charge in [-0.05, 0) is 22.4 Å². The van der Waals surface area contributed by atoms with Crippen LogP contribution in [0.15, 0.2) is 29.6 Å². The number of hydrogen-bond donors (Lipinski definition) is 0. The third-order valence-corrected chi connectivity index (χ3v) is 6.01. The van der Waals surface area contributed by atoms with E-state index in [1.165, 1.54) is 21.9 Å². The molecule has 0 radical (unpaired) electrons. The summed E-state index contributed by atoms with van der Waals surface area (Å²) in [5.74, 6) is 0. The molecule has 5 heteroatoms. The molecule has 1 fully saturated rings. The molecule has 0 amide bonds. The first-order chi connectivity index (χ1) is 8.54. The number of thiophene rings is 1.